The van der Waals surface area contributed by atoms with E-state index in [4.69, 9.17) is 4.98 Å². The molecule has 5 aromatic rings. The smallest absolute Gasteiger partial charge is 0.141 e. The molecule has 34 heavy (non-hydrogen) atoms. The van der Waals surface area contributed by atoms with Crippen molar-refractivity contribution in [3.8, 4) is 17.0 Å². The molecule has 0 unspecified atom stereocenters. The first-order valence-corrected chi connectivity index (χ1v) is 11.4. The average molecular weight is 445 g/mol. The van der Waals surface area contributed by atoms with Crippen molar-refractivity contribution >= 4 is 39.5 Å². The summed E-state index contributed by atoms with van der Waals surface area (Å²) in [7, 11) is 0. The SMILES string of the molecule is CC(C)N1c2ccccc2N(c2ccccn2)c2cc(-c3ccc4cccc(O)c4n3)ccc21. The van der Waals surface area contributed by atoms with Crippen LogP contribution in [0.5, 0.6) is 5.75 Å². The van der Waals surface area contributed by atoms with Crippen LogP contribution in [0.3, 0.4) is 0 Å². The van der Waals surface area contributed by atoms with Gasteiger partial charge in [-0.05, 0) is 62.4 Å². The van der Waals surface area contributed by atoms with E-state index >= 15 is 0 Å². The number of aromatic hydroxyl groups is 1. The fourth-order valence-electron chi connectivity index (χ4n) is 4.76. The number of phenols is 1. The van der Waals surface area contributed by atoms with Gasteiger partial charge < -0.3 is 10.0 Å². The zero-order valence-corrected chi connectivity index (χ0v) is 19.1. The molecule has 0 aliphatic carbocycles. The van der Waals surface area contributed by atoms with E-state index in [1.807, 2.05) is 48.7 Å². The summed E-state index contributed by atoms with van der Waals surface area (Å²) in [5.74, 6) is 1.05. The van der Waals surface area contributed by atoms with E-state index in [9.17, 15) is 5.11 Å². The Labute approximate surface area is 198 Å². The van der Waals surface area contributed by atoms with Gasteiger partial charge in [-0.15, -0.1) is 0 Å². The zero-order valence-electron chi connectivity index (χ0n) is 19.1. The third kappa shape index (κ3) is 3.17. The second-order valence-electron chi connectivity index (χ2n) is 8.72. The van der Waals surface area contributed by atoms with Gasteiger partial charge in [-0.1, -0.05) is 42.5 Å². The molecule has 1 N–H and O–H groups in total. The topological polar surface area (TPSA) is 52.5 Å². The minimum atomic E-state index is 0.187. The summed E-state index contributed by atoms with van der Waals surface area (Å²) >= 11 is 0. The first-order chi connectivity index (χ1) is 16.6. The van der Waals surface area contributed by atoms with Crippen molar-refractivity contribution in [1.82, 2.24) is 9.97 Å². The molecular formula is C29H24N4O. The number of pyridine rings is 2. The normalized spacial score (nSPS) is 12.7. The number of aromatic nitrogens is 2. The van der Waals surface area contributed by atoms with E-state index in [2.05, 4.69) is 71.1 Å². The zero-order chi connectivity index (χ0) is 23.2. The first-order valence-electron chi connectivity index (χ1n) is 11.4. The Morgan fingerprint density at radius 3 is 2.32 bits per heavy atom. The van der Waals surface area contributed by atoms with Crippen LogP contribution in [-0.2, 0) is 0 Å². The second kappa shape index (κ2) is 7.89. The van der Waals surface area contributed by atoms with Gasteiger partial charge in [0.1, 0.15) is 17.1 Å². The van der Waals surface area contributed by atoms with Crippen molar-refractivity contribution in [2.24, 2.45) is 0 Å². The highest BCUT2D eigenvalue weighted by Crippen LogP contribution is 2.52. The van der Waals surface area contributed by atoms with Gasteiger partial charge in [-0.25, -0.2) is 9.97 Å². The maximum atomic E-state index is 10.3. The summed E-state index contributed by atoms with van der Waals surface area (Å²) in [6.45, 7) is 4.41. The lowest BCUT2D eigenvalue weighted by Gasteiger charge is -2.41. The molecule has 6 rings (SSSR count). The van der Waals surface area contributed by atoms with Gasteiger partial charge in [0.2, 0.25) is 0 Å². The number of fused-ring (bicyclic) bond motifs is 3. The van der Waals surface area contributed by atoms with Gasteiger partial charge in [0.05, 0.1) is 28.4 Å². The molecule has 2 aromatic heterocycles. The van der Waals surface area contributed by atoms with E-state index in [0.717, 1.165) is 45.2 Å². The molecule has 5 nitrogen and oxygen atoms in total. The molecule has 1 aliphatic heterocycles. The van der Waals surface area contributed by atoms with E-state index in [1.54, 1.807) is 6.07 Å². The maximum absolute atomic E-state index is 10.3. The first kappa shape index (κ1) is 20.2. The molecule has 0 atom stereocenters. The number of nitrogens with zero attached hydrogens (tertiary/aromatic N) is 4. The third-order valence-corrected chi connectivity index (χ3v) is 6.25. The summed E-state index contributed by atoms with van der Waals surface area (Å²) in [6, 6.07) is 30.6. The number of hydrogen-bond acceptors (Lipinski definition) is 5. The van der Waals surface area contributed by atoms with Crippen LogP contribution in [0, 0.1) is 0 Å². The number of hydrogen-bond donors (Lipinski definition) is 1. The highest BCUT2D eigenvalue weighted by Gasteiger charge is 2.31. The summed E-state index contributed by atoms with van der Waals surface area (Å²) < 4.78 is 0. The van der Waals surface area contributed by atoms with Crippen LogP contribution < -0.4 is 9.80 Å². The molecule has 0 radical (unpaired) electrons. The summed E-state index contributed by atoms with van der Waals surface area (Å²) in [4.78, 5) is 14.1. The lowest BCUT2D eigenvalue weighted by Crippen LogP contribution is -2.32. The number of phenolic OH excluding ortho intramolecular Hbond substituents is 1. The molecule has 0 amide bonds. The Morgan fingerprint density at radius 2 is 1.53 bits per heavy atom. The molecule has 3 aromatic carbocycles. The fourth-order valence-corrected chi connectivity index (χ4v) is 4.76. The number of para-hydroxylation sites is 3. The molecule has 0 fully saturated rings. The molecule has 1 aliphatic rings. The summed E-state index contributed by atoms with van der Waals surface area (Å²) in [6.07, 6.45) is 1.82. The van der Waals surface area contributed by atoms with Crippen molar-refractivity contribution in [2.75, 3.05) is 9.80 Å². The second-order valence-corrected chi connectivity index (χ2v) is 8.72. The Hall–Kier alpha value is -4.38. The van der Waals surface area contributed by atoms with Crippen molar-refractivity contribution in [1.29, 1.82) is 0 Å². The summed E-state index contributed by atoms with van der Waals surface area (Å²) in [5.41, 5.74) is 6.80. The third-order valence-electron chi connectivity index (χ3n) is 6.25. The van der Waals surface area contributed by atoms with E-state index < -0.39 is 0 Å². The predicted octanol–water partition coefficient (Wildman–Crippen LogP) is 7.33. The van der Waals surface area contributed by atoms with Gasteiger partial charge in [-0.3, -0.25) is 4.90 Å². The molecule has 3 heterocycles. The number of benzene rings is 3. The highest BCUT2D eigenvalue weighted by atomic mass is 16.3. The Balaban J connectivity index is 1.59. The van der Waals surface area contributed by atoms with Gasteiger partial charge in [0, 0.05) is 23.2 Å². The largest absolute Gasteiger partial charge is 0.506 e. The van der Waals surface area contributed by atoms with Gasteiger partial charge in [-0.2, -0.15) is 0 Å². The molecule has 0 bridgehead atoms. The van der Waals surface area contributed by atoms with Crippen molar-refractivity contribution in [3.05, 3.63) is 97.2 Å². The van der Waals surface area contributed by atoms with Crippen LogP contribution in [0.15, 0.2) is 97.2 Å². The van der Waals surface area contributed by atoms with Crippen molar-refractivity contribution < 1.29 is 5.11 Å². The van der Waals surface area contributed by atoms with Crippen LogP contribution in [0.2, 0.25) is 0 Å². The Bertz CT molecular complexity index is 1510. The average Bonchev–Trinajstić information content (AvgIpc) is 2.87. The van der Waals surface area contributed by atoms with E-state index in [0.29, 0.717) is 5.52 Å². The van der Waals surface area contributed by atoms with Gasteiger partial charge >= 0.3 is 0 Å². The maximum Gasteiger partial charge on any atom is 0.141 e. The predicted molar refractivity (Wildman–Crippen MR) is 139 cm³/mol. The fraction of sp³-hybridized carbons (Fsp3) is 0.103. The van der Waals surface area contributed by atoms with E-state index in [-0.39, 0.29) is 11.8 Å². The molecule has 0 spiro atoms. The van der Waals surface area contributed by atoms with Crippen LogP contribution >= 0.6 is 0 Å². The monoisotopic (exact) mass is 444 g/mol. The molecule has 166 valence electrons. The minimum absolute atomic E-state index is 0.187. The lowest BCUT2D eigenvalue weighted by molar-refractivity contribution is 0.480. The van der Waals surface area contributed by atoms with Gasteiger partial charge in [0.25, 0.3) is 0 Å². The molecule has 0 saturated carbocycles. The molecular weight excluding hydrogens is 420 g/mol. The number of rotatable bonds is 3. The quantitative estimate of drug-likeness (QED) is 0.316. The van der Waals surface area contributed by atoms with Gasteiger partial charge in [0.15, 0.2) is 0 Å². The Kier molecular flexibility index (Phi) is 4.69. The number of anilines is 5. The molecule has 5 heteroatoms. The van der Waals surface area contributed by atoms with Crippen LogP contribution in [0.4, 0.5) is 28.6 Å². The highest BCUT2D eigenvalue weighted by molar-refractivity contribution is 5.99. The lowest BCUT2D eigenvalue weighted by atomic mass is 10.0. The van der Waals surface area contributed by atoms with E-state index in [1.165, 1.54) is 0 Å². The van der Waals surface area contributed by atoms with Crippen LogP contribution in [-0.4, -0.2) is 21.1 Å². The minimum Gasteiger partial charge on any atom is -0.506 e. The van der Waals surface area contributed by atoms with Crippen LogP contribution in [0.1, 0.15) is 13.8 Å². The van der Waals surface area contributed by atoms with Crippen molar-refractivity contribution in [3.63, 3.8) is 0 Å². The van der Waals surface area contributed by atoms with Crippen LogP contribution in [0.25, 0.3) is 22.2 Å². The Morgan fingerprint density at radius 1 is 0.735 bits per heavy atom. The molecule has 0 saturated heterocycles. The summed E-state index contributed by atoms with van der Waals surface area (Å²) in [5, 5.41) is 11.3. The van der Waals surface area contributed by atoms with Crippen molar-refractivity contribution in [2.45, 2.75) is 19.9 Å². The standard InChI is InChI=1S/C29H24N4O/c1-19(2)32-23-9-3-4-10-24(23)33(28-12-5-6-17-30-28)26-18-21(14-16-25(26)32)22-15-13-20-8-7-11-27(34)29(20)31-22/h3-19,34H,1-2H3.